The van der Waals surface area contributed by atoms with E-state index in [1.807, 2.05) is 6.07 Å². The summed E-state index contributed by atoms with van der Waals surface area (Å²) in [6.45, 7) is 0. The van der Waals surface area contributed by atoms with Gasteiger partial charge in [0.1, 0.15) is 0 Å². The Balaban J connectivity index is 1.98. The Kier molecular flexibility index (Phi) is 1.70. The highest BCUT2D eigenvalue weighted by molar-refractivity contribution is 5.28. The molecule has 14 heavy (non-hydrogen) atoms. The molecule has 3 rings (SSSR count). The number of benzene rings is 1. The maximum atomic E-state index is 6.44. The van der Waals surface area contributed by atoms with Crippen LogP contribution in [0.5, 0.6) is 0 Å². The summed E-state index contributed by atoms with van der Waals surface area (Å²) in [5.41, 5.74) is 7.45. The van der Waals surface area contributed by atoms with Crippen molar-refractivity contribution in [2.24, 2.45) is 5.73 Å². The molecule has 2 N–H and O–H groups in total. The van der Waals surface area contributed by atoms with Gasteiger partial charge in [0.2, 0.25) is 0 Å². The highest BCUT2D eigenvalue weighted by Gasteiger charge is 2.50. The van der Waals surface area contributed by atoms with Gasteiger partial charge in [-0.3, -0.25) is 0 Å². The van der Waals surface area contributed by atoms with Gasteiger partial charge >= 0.3 is 0 Å². The lowest BCUT2D eigenvalue weighted by Gasteiger charge is -2.31. The third-order valence-corrected chi connectivity index (χ3v) is 3.56. The highest BCUT2D eigenvalue weighted by Crippen LogP contribution is 2.45. The van der Waals surface area contributed by atoms with Crippen LogP contribution in [0.3, 0.4) is 0 Å². The molecule has 0 radical (unpaired) electrons. The predicted molar refractivity (Wildman–Crippen MR) is 54.8 cm³/mol. The summed E-state index contributed by atoms with van der Waals surface area (Å²) in [5, 5.41) is 0. The molecule has 0 amide bonds. The molecular weight excluding hydrogens is 174 g/mol. The van der Waals surface area contributed by atoms with E-state index >= 15 is 0 Å². The van der Waals surface area contributed by atoms with Crippen molar-refractivity contribution in [3.8, 4) is 0 Å². The minimum absolute atomic E-state index is 0.218. The van der Waals surface area contributed by atoms with E-state index in [-0.39, 0.29) is 11.6 Å². The van der Waals surface area contributed by atoms with Crippen molar-refractivity contribution in [1.82, 2.24) is 0 Å². The van der Waals surface area contributed by atoms with E-state index in [9.17, 15) is 0 Å². The van der Waals surface area contributed by atoms with Gasteiger partial charge in [0.05, 0.1) is 17.7 Å². The van der Waals surface area contributed by atoms with E-state index in [2.05, 4.69) is 24.3 Å². The molecule has 2 nitrogen and oxygen atoms in total. The number of ether oxygens (including phenoxy) is 1. The zero-order valence-electron chi connectivity index (χ0n) is 8.15. The van der Waals surface area contributed by atoms with E-state index in [1.165, 1.54) is 12.0 Å². The predicted octanol–water partition coefficient (Wildman–Crippen LogP) is 1.79. The van der Waals surface area contributed by atoms with E-state index in [4.69, 9.17) is 10.5 Å². The van der Waals surface area contributed by atoms with E-state index in [1.54, 1.807) is 0 Å². The molecule has 74 valence electrons. The fraction of sp³-hybridized carbons (Fsp3) is 0.500. The molecular formula is C12H15NO. The van der Waals surface area contributed by atoms with Crippen LogP contribution >= 0.6 is 0 Å². The molecule has 2 heterocycles. The van der Waals surface area contributed by atoms with Crippen molar-refractivity contribution in [3.05, 3.63) is 35.9 Å². The van der Waals surface area contributed by atoms with Gasteiger partial charge in [-0.15, -0.1) is 0 Å². The fourth-order valence-corrected chi connectivity index (χ4v) is 2.80. The topological polar surface area (TPSA) is 35.2 Å². The molecule has 1 aromatic carbocycles. The average molecular weight is 189 g/mol. The van der Waals surface area contributed by atoms with Crippen molar-refractivity contribution >= 4 is 0 Å². The number of fused-ring (bicyclic) bond motifs is 2. The van der Waals surface area contributed by atoms with Crippen LogP contribution in [0.25, 0.3) is 0 Å². The first-order chi connectivity index (χ1) is 6.79. The Morgan fingerprint density at radius 3 is 2.57 bits per heavy atom. The Morgan fingerprint density at radius 1 is 1.21 bits per heavy atom. The molecule has 2 fully saturated rings. The molecule has 3 atom stereocenters. The van der Waals surface area contributed by atoms with Crippen LogP contribution < -0.4 is 5.73 Å². The summed E-state index contributed by atoms with van der Waals surface area (Å²) in [5.74, 6) is 0. The lowest BCUT2D eigenvalue weighted by atomic mass is 9.77. The smallest absolute Gasteiger partial charge is 0.0802 e. The molecule has 2 aliphatic heterocycles. The molecule has 0 aliphatic carbocycles. The van der Waals surface area contributed by atoms with Crippen LogP contribution in [-0.4, -0.2) is 12.2 Å². The van der Waals surface area contributed by atoms with Crippen molar-refractivity contribution in [3.63, 3.8) is 0 Å². The van der Waals surface area contributed by atoms with Crippen LogP contribution in [0.15, 0.2) is 30.3 Å². The van der Waals surface area contributed by atoms with Crippen LogP contribution in [0.4, 0.5) is 0 Å². The minimum Gasteiger partial charge on any atom is -0.373 e. The Labute approximate surface area is 84.1 Å². The van der Waals surface area contributed by atoms with Gasteiger partial charge in [-0.25, -0.2) is 0 Å². The average Bonchev–Trinajstić information content (AvgIpc) is 2.79. The molecule has 0 aromatic heterocycles. The van der Waals surface area contributed by atoms with Crippen molar-refractivity contribution in [1.29, 1.82) is 0 Å². The van der Waals surface area contributed by atoms with Gasteiger partial charge in [0.15, 0.2) is 0 Å². The molecule has 2 bridgehead atoms. The monoisotopic (exact) mass is 189 g/mol. The third kappa shape index (κ3) is 1.04. The third-order valence-electron chi connectivity index (χ3n) is 3.56. The zero-order chi connectivity index (χ0) is 9.60. The Hall–Kier alpha value is -0.860. The van der Waals surface area contributed by atoms with Crippen molar-refractivity contribution in [2.45, 2.75) is 37.0 Å². The van der Waals surface area contributed by atoms with Crippen molar-refractivity contribution < 1.29 is 4.74 Å². The maximum Gasteiger partial charge on any atom is 0.0802 e. The molecule has 0 spiro atoms. The van der Waals surface area contributed by atoms with Crippen LogP contribution in [0.2, 0.25) is 0 Å². The summed E-state index contributed by atoms with van der Waals surface area (Å²) >= 11 is 0. The Morgan fingerprint density at radius 2 is 2.00 bits per heavy atom. The quantitative estimate of drug-likeness (QED) is 0.731. The van der Waals surface area contributed by atoms with Gasteiger partial charge in [0.25, 0.3) is 0 Å². The first kappa shape index (κ1) is 8.45. The van der Waals surface area contributed by atoms with Crippen LogP contribution in [0.1, 0.15) is 24.8 Å². The standard InChI is InChI=1S/C12H15NO/c13-12(9-4-2-1-3-5-9)8-10-6-7-11(12)14-10/h1-5,10-11H,6-8,13H2. The number of rotatable bonds is 1. The van der Waals surface area contributed by atoms with Gasteiger partial charge in [-0.05, 0) is 24.8 Å². The van der Waals surface area contributed by atoms with E-state index in [0.717, 1.165) is 12.8 Å². The summed E-state index contributed by atoms with van der Waals surface area (Å²) in [6.07, 6.45) is 3.95. The van der Waals surface area contributed by atoms with E-state index in [0.29, 0.717) is 6.10 Å². The largest absolute Gasteiger partial charge is 0.373 e. The second-order valence-electron chi connectivity index (χ2n) is 4.43. The molecule has 2 saturated heterocycles. The normalized spacial score (nSPS) is 40.4. The molecule has 3 unspecified atom stereocenters. The summed E-state index contributed by atoms with van der Waals surface area (Å²) in [4.78, 5) is 0. The molecule has 2 aliphatic rings. The first-order valence-corrected chi connectivity index (χ1v) is 5.29. The van der Waals surface area contributed by atoms with Gasteiger partial charge in [0, 0.05) is 0 Å². The number of hydrogen-bond acceptors (Lipinski definition) is 2. The molecule has 1 aromatic rings. The van der Waals surface area contributed by atoms with Crippen LogP contribution in [0, 0.1) is 0 Å². The Bertz CT molecular complexity index is 337. The SMILES string of the molecule is NC1(c2ccccc2)CC2CCC1O2. The molecule has 2 heteroatoms. The van der Waals surface area contributed by atoms with E-state index < -0.39 is 0 Å². The van der Waals surface area contributed by atoms with Crippen LogP contribution in [-0.2, 0) is 10.3 Å². The lowest BCUT2D eigenvalue weighted by molar-refractivity contribution is 0.0853. The summed E-state index contributed by atoms with van der Waals surface area (Å²) in [6, 6.07) is 10.4. The summed E-state index contributed by atoms with van der Waals surface area (Å²) in [7, 11) is 0. The van der Waals surface area contributed by atoms with Gasteiger partial charge in [-0.1, -0.05) is 30.3 Å². The second kappa shape index (κ2) is 2.81. The van der Waals surface area contributed by atoms with Gasteiger partial charge in [-0.2, -0.15) is 0 Å². The maximum absolute atomic E-state index is 6.44. The second-order valence-corrected chi connectivity index (χ2v) is 4.43. The lowest BCUT2D eigenvalue weighted by Crippen LogP contribution is -2.45. The number of nitrogens with two attached hydrogens (primary N) is 1. The zero-order valence-corrected chi connectivity index (χ0v) is 8.15. The van der Waals surface area contributed by atoms with Gasteiger partial charge < -0.3 is 10.5 Å². The first-order valence-electron chi connectivity index (χ1n) is 5.29. The highest BCUT2D eigenvalue weighted by atomic mass is 16.5. The summed E-state index contributed by atoms with van der Waals surface area (Å²) < 4.78 is 5.82. The fourth-order valence-electron chi connectivity index (χ4n) is 2.80. The number of hydrogen-bond donors (Lipinski definition) is 1. The minimum atomic E-state index is -0.218. The van der Waals surface area contributed by atoms with Crippen molar-refractivity contribution in [2.75, 3.05) is 0 Å². The molecule has 0 saturated carbocycles.